The molecule has 0 spiro atoms. The van der Waals surface area contributed by atoms with Crippen LogP contribution in [-0.4, -0.2) is 73.5 Å². The van der Waals surface area contributed by atoms with Crippen molar-refractivity contribution in [3.63, 3.8) is 0 Å². The Hall–Kier alpha value is -2.20. The summed E-state index contributed by atoms with van der Waals surface area (Å²) in [6.45, 7) is -0.929. The van der Waals surface area contributed by atoms with Gasteiger partial charge in [0.2, 0.25) is 11.8 Å². The number of carbonyl (C=O) groups is 4. The van der Waals surface area contributed by atoms with Crippen LogP contribution in [-0.2, 0) is 28.7 Å². The van der Waals surface area contributed by atoms with Gasteiger partial charge in [-0.3, -0.25) is 9.59 Å². The first-order valence-electron chi connectivity index (χ1n) is 6.54. The molecule has 0 radical (unpaired) electrons. The minimum absolute atomic E-state index is 0.316. The summed E-state index contributed by atoms with van der Waals surface area (Å²) in [5, 5.41) is 21.7. The number of nitrogens with one attached hydrogen (secondary N) is 2. The van der Waals surface area contributed by atoms with Crippen molar-refractivity contribution < 1.29 is 38.9 Å². The second-order valence-electron chi connectivity index (χ2n) is 4.18. The van der Waals surface area contributed by atoms with Gasteiger partial charge in [-0.15, -0.1) is 0 Å². The van der Waals surface area contributed by atoms with Gasteiger partial charge >= 0.3 is 11.9 Å². The monoisotopic (exact) mass is 320 g/mol. The number of unbranched alkanes of at least 4 members (excludes halogenated alkanes) is 1. The highest BCUT2D eigenvalue weighted by molar-refractivity contribution is 5.78. The van der Waals surface area contributed by atoms with E-state index in [9.17, 15) is 19.2 Å². The first kappa shape index (κ1) is 19.8. The zero-order valence-corrected chi connectivity index (χ0v) is 12.0. The first-order chi connectivity index (χ1) is 10.4. The van der Waals surface area contributed by atoms with Crippen molar-refractivity contribution in [3.05, 3.63) is 0 Å². The molecule has 0 aliphatic carbocycles. The van der Waals surface area contributed by atoms with E-state index in [2.05, 4.69) is 20.1 Å². The fourth-order valence-corrected chi connectivity index (χ4v) is 1.27. The summed E-state index contributed by atoms with van der Waals surface area (Å²) >= 11 is 0. The van der Waals surface area contributed by atoms with Crippen LogP contribution < -0.4 is 10.6 Å². The summed E-state index contributed by atoms with van der Waals surface area (Å²) in [5.41, 5.74) is 0. The number of amides is 2. The molecular weight excluding hydrogens is 300 g/mol. The molecule has 2 amide bonds. The number of carboxylic acids is 2. The molecule has 0 rings (SSSR count). The fourth-order valence-electron chi connectivity index (χ4n) is 1.27. The third-order valence-electron chi connectivity index (χ3n) is 2.17. The standard InChI is InChI=1S/C12H20N2O8/c15-9(5-21-7-11(17)18)13-3-1-2-4-14-10(16)6-22-8-12(19)20/h1-8H2,(H,13,15)(H,14,16)(H,17,18)(H,19,20). The van der Waals surface area contributed by atoms with E-state index in [0.717, 1.165) is 0 Å². The number of ether oxygens (including phenoxy) is 2. The molecule has 0 aromatic carbocycles. The van der Waals surface area contributed by atoms with Gasteiger partial charge in [0.25, 0.3) is 0 Å². The average Bonchev–Trinajstić information content (AvgIpc) is 2.41. The second kappa shape index (κ2) is 12.5. The number of hydrogen-bond acceptors (Lipinski definition) is 6. The van der Waals surface area contributed by atoms with E-state index >= 15 is 0 Å². The molecule has 10 nitrogen and oxygen atoms in total. The van der Waals surface area contributed by atoms with Crippen LogP contribution in [0.25, 0.3) is 0 Å². The highest BCUT2D eigenvalue weighted by Crippen LogP contribution is 1.86. The van der Waals surface area contributed by atoms with Crippen LogP contribution in [0.15, 0.2) is 0 Å². The van der Waals surface area contributed by atoms with Gasteiger partial charge in [0.15, 0.2) is 0 Å². The molecule has 0 aliphatic heterocycles. The van der Waals surface area contributed by atoms with Gasteiger partial charge in [-0.2, -0.15) is 0 Å². The molecule has 0 bridgehead atoms. The van der Waals surface area contributed by atoms with Gasteiger partial charge < -0.3 is 30.3 Å². The minimum Gasteiger partial charge on any atom is -0.480 e. The summed E-state index contributed by atoms with van der Waals surface area (Å²) in [4.78, 5) is 42.6. The topological polar surface area (TPSA) is 151 Å². The zero-order valence-electron chi connectivity index (χ0n) is 12.0. The highest BCUT2D eigenvalue weighted by Gasteiger charge is 2.04. The SMILES string of the molecule is O=C(O)COCC(=O)NCCCCNC(=O)COCC(=O)O. The summed E-state index contributed by atoms with van der Waals surface area (Å²) in [6, 6.07) is 0. The quantitative estimate of drug-likeness (QED) is 0.290. The molecule has 0 saturated carbocycles. The Labute approximate surface area is 126 Å². The van der Waals surface area contributed by atoms with Crippen LogP contribution in [0, 0.1) is 0 Å². The second-order valence-corrected chi connectivity index (χ2v) is 4.18. The van der Waals surface area contributed by atoms with Crippen molar-refractivity contribution >= 4 is 23.8 Å². The summed E-state index contributed by atoms with van der Waals surface area (Å²) in [6.07, 6.45) is 1.22. The smallest absolute Gasteiger partial charge is 0.329 e. The number of hydrogen-bond donors (Lipinski definition) is 4. The van der Waals surface area contributed by atoms with E-state index in [4.69, 9.17) is 10.2 Å². The Kier molecular flexibility index (Phi) is 11.3. The molecule has 10 heteroatoms. The summed E-state index contributed by atoms with van der Waals surface area (Å²) in [5.74, 6) is -3.11. The Morgan fingerprint density at radius 3 is 1.36 bits per heavy atom. The van der Waals surface area contributed by atoms with Gasteiger partial charge in [0.1, 0.15) is 26.4 Å². The highest BCUT2D eigenvalue weighted by atomic mass is 16.5. The first-order valence-corrected chi connectivity index (χ1v) is 6.54. The number of carboxylic acid groups (broad SMARTS) is 2. The lowest BCUT2D eigenvalue weighted by molar-refractivity contribution is -0.145. The van der Waals surface area contributed by atoms with E-state index in [-0.39, 0.29) is 13.2 Å². The van der Waals surface area contributed by atoms with E-state index in [0.29, 0.717) is 25.9 Å². The molecule has 0 aromatic heterocycles. The van der Waals surface area contributed by atoms with Crippen LogP contribution >= 0.6 is 0 Å². The lowest BCUT2D eigenvalue weighted by Gasteiger charge is -2.06. The van der Waals surface area contributed by atoms with Crippen LogP contribution in [0.5, 0.6) is 0 Å². The van der Waals surface area contributed by atoms with E-state index < -0.39 is 37.0 Å². The van der Waals surface area contributed by atoms with E-state index in [1.807, 2.05) is 0 Å². The van der Waals surface area contributed by atoms with Crippen molar-refractivity contribution in [1.29, 1.82) is 0 Å². The van der Waals surface area contributed by atoms with Gasteiger partial charge in [0.05, 0.1) is 0 Å². The number of carbonyl (C=O) groups excluding carboxylic acids is 2. The molecule has 0 aliphatic rings. The minimum atomic E-state index is -1.14. The molecular formula is C12H20N2O8. The average molecular weight is 320 g/mol. The van der Waals surface area contributed by atoms with Crippen molar-refractivity contribution in [2.24, 2.45) is 0 Å². The molecule has 0 unspecified atom stereocenters. The molecule has 0 heterocycles. The van der Waals surface area contributed by atoms with Gasteiger partial charge in [-0.25, -0.2) is 9.59 Å². The zero-order chi connectivity index (χ0) is 16.8. The normalized spacial score (nSPS) is 10.0. The van der Waals surface area contributed by atoms with Crippen LogP contribution in [0.3, 0.4) is 0 Å². The van der Waals surface area contributed by atoms with Gasteiger partial charge in [-0.05, 0) is 12.8 Å². The lowest BCUT2D eigenvalue weighted by Crippen LogP contribution is -2.31. The Morgan fingerprint density at radius 1 is 0.682 bits per heavy atom. The molecule has 22 heavy (non-hydrogen) atoms. The third-order valence-corrected chi connectivity index (χ3v) is 2.17. The molecule has 126 valence electrons. The maximum absolute atomic E-state index is 11.2. The van der Waals surface area contributed by atoms with Crippen LogP contribution in [0.2, 0.25) is 0 Å². The fraction of sp³-hybridized carbons (Fsp3) is 0.667. The van der Waals surface area contributed by atoms with E-state index in [1.54, 1.807) is 0 Å². The molecule has 0 saturated heterocycles. The van der Waals surface area contributed by atoms with Crippen molar-refractivity contribution in [3.8, 4) is 0 Å². The lowest BCUT2D eigenvalue weighted by atomic mass is 10.3. The van der Waals surface area contributed by atoms with Crippen molar-refractivity contribution in [1.82, 2.24) is 10.6 Å². The molecule has 4 N–H and O–H groups in total. The number of rotatable bonds is 13. The Balaban J connectivity index is 3.38. The summed E-state index contributed by atoms with van der Waals surface area (Å²) in [7, 11) is 0. The van der Waals surface area contributed by atoms with Crippen molar-refractivity contribution in [2.45, 2.75) is 12.8 Å². The maximum atomic E-state index is 11.2. The predicted octanol–water partition coefficient (Wildman–Crippen LogP) is -1.80. The van der Waals surface area contributed by atoms with Crippen LogP contribution in [0.1, 0.15) is 12.8 Å². The molecule has 0 atom stereocenters. The predicted molar refractivity (Wildman–Crippen MR) is 72.2 cm³/mol. The third kappa shape index (κ3) is 14.2. The van der Waals surface area contributed by atoms with Gasteiger partial charge in [0, 0.05) is 13.1 Å². The van der Waals surface area contributed by atoms with E-state index in [1.165, 1.54) is 0 Å². The molecule has 0 aromatic rings. The number of aliphatic carboxylic acids is 2. The summed E-state index contributed by atoms with van der Waals surface area (Å²) < 4.78 is 9.19. The Morgan fingerprint density at radius 2 is 1.05 bits per heavy atom. The largest absolute Gasteiger partial charge is 0.480 e. The molecule has 0 fully saturated rings. The Bertz CT molecular complexity index is 349. The van der Waals surface area contributed by atoms with Crippen LogP contribution in [0.4, 0.5) is 0 Å². The van der Waals surface area contributed by atoms with Gasteiger partial charge in [-0.1, -0.05) is 0 Å². The maximum Gasteiger partial charge on any atom is 0.329 e. The van der Waals surface area contributed by atoms with Crippen molar-refractivity contribution in [2.75, 3.05) is 39.5 Å².